The van der Waals surface area contributed by atoms with E-state index in [9.17, 15) is 5.11 Å². The molecule has 0 aromatic heterocycles. The SMILES string of the molecule is CCO.OC(Cc1ccc(Cl)cc1)c1ccc(Cl)cc1. The van der Waals surface area contributed by atoms with Crippen molar-refractivity contribution in [3.05, 3.63) is 69.7 Å². The van der Waals surface area contributed by atoms with Gasteiger partial charge in [-0.05, 0) is 42.3 Å². The van der Waals surface area contributed by atoms with Crippen LogP contribution in [0, 0.1) is 0 Å². The first-order valence-electron chi connectivity index (χ1n) is 6.35. The van der Waals surface area contributed by atoms with Crippen molar-refractivity contribution in [3.63, 3.8) is 0 Å². The maximum Gasteiger partial charge on any atom is 0.0830 e. The van der Waals surface area contributed by atoms with Crippen LogP contribution in [0.2, 0.25) is 10.0 Å². The summed E-state index contributed by atoms with van der Waals surface area (Å²) in [5, 5.41) is 19.0. The van der Waals surface area contributed by atoms with Gasteiger partial charge in [0.25, 0.3) is 0 Å². The Labute approximate surface area is 129 Å². The van der Waals surface area contributed by atoms with E-state index in [1.807, 2.05) is 36.4 Å². The molecule has 2 aromatic rings. The molecule has 1 unspecified atom stereocenters. The van der Waals surface area contributed by atoms with E-state index in [0.717, 1.165) is 11.1 Å². The van der Waals surface area contributed by atoms with Crippen LogP contribution in [0.4, 0.5) is 0 Å². The average Bonchev–Trinajstić information content (AvgIpc) is 2.43. The van der Waals surface area contributed by atoms with E-state index in [4.69, 9.17) is 28.3 Å². The third kappa shape index (κ3) is 5.93. The number of rotatable bonds is 3. The lowest BCUT2D eigenvalue weighted by molar-refractivity contribution is 0.178. The molecule has 2 aromatic carbocycles. The quantitative estimate of drug-likeness (QED) is 0.888. The van der Waals surface area contributed by atoms with Crippen LogP contribution in [-0.4, -0.2) is 16.8 Å². The third-order valence-electron chi connectivity index (χ3n) is 2.60. The normalized spacial score (nSPS) is 11.4. The van der Waals surface area contributed by atoms with Gasteiger partial charge in [0.2, 0.25) is 0 Å². The van der Waals surface area contributed by atoms with E-state index in [2.05, 4.69) is 0 Å². The first-order valence-corrected chi connectivity index (χ1v) is 7.11. The predicted octanol–water partition coefficient (Wildman–Crippen LogP) is 4.27. The van der Waals surface area contributed by atoms with Crippen LogP contribution in [0.3, 0.4) is 0 Å². The molecule has 4 heteroatoms. The van der Waals surface area contributed by atoms with E-state index < -0.39 is 6.10 Å². The minimum Gasteiger partial charge on any atom is -0.397 e. The molecule has 2 nitrogen and oxygen atoms in total. The van der Waals surface area contributed by atoms with Gasteiger partial charge in [-0.2, -0.15) is 0 Å². The molecule has 0 aliphatic carbocycles. The van der Waals surface area contributed by atoms with Gasteiger partial charge in [0.15, 0.2) is 0 Å². The second-order valence-electron chi connectivity index (χ2n) is 4.21. The lowest BCUT2D eigenvalue weighted by atomic mass is 10.0. The molecule has 20 heavy (non-hydrogen) atoms. The number of hydrogen-bond donors (Lipinski definition) is 2. The zero-order valence-corrected chi connectivity index (χ0v) is 12.8. The maximum absolute atomic E-state index is 10.1. The highest BCUT2D eigenvalue weighted by molar-refractivity contribution is 6.30. The summed E-state index contributed by atoms with van der Waals surface area (Å²) >= 11 is 11.6. The summed E-state index contributed by atoms with van der Waals surface area (Å²) in [7, 11) is 0. The smallest absolute Gasteiger partial charge is 0.0830 e. The van der Waals surface area contributed by atoms with Gasteiger partial charge in [-0.15, -0.1) is 0 Å². The summed E-state index contributed by atoms with van der Waals surface area (Å²) in [5.41, 5.74) is 1.92. The third-order valence-corrected chi connectivity index (χ3v) is 3.10. The fourth-order valence-corrected chi connectivity index (χ4v) is 1.90. The Morgan fingerprint density at radius 3 is 1.75 bits per heavy atom. The van der Waals surface area contributed by atoms with Crippen molar-refractivity contribution < 1.29 is 10.2 Å². The highest BCUT2D eigenvalue weighted by atomic mass is 35.5. The van der Waals surface area contributed by atoms with Crippen molar-refractivity contribution in [1.82, 2.24) is 0 Å². The van der Waals surface area contributed by atoms with E-state index in [1.165, 1.54) is 0 Å². The molecule has 0 saturated carbocycles. The monoisotopic (exact) mass is 312 g/mol. The number of halogens is 2. The van der Waals surface area contributed by atoms with E-state index in [0.29, 0.717) is 16.5 Å². The van der Waals surface area contributed by atoms with E-state index in [-0.39, 0.29) is 6.61 Å². The van der Waals surface area contributed by atoms with Crippen molar-refractivity contribution in [2.75, 3.05) is 6.61 Å². The minimum atomic E-state index is -0.520. The van der Waals surface area contributed by atoms with Gasteiger partial charge in [-0.3, -0.25) is 0 Å². The number of hydrogen-bond acceptors (Lipinski definition) is 2. The molecule has 0 fully saturated rings. The molecule has 0 amide bonds. The molecule has 2 N–H and O–H groups in total. The topological polar surface area (TPSA) is 40.5 Å². The number of aliphatic hydroxyl groups excluding tert-OH is 2. The maximum atomic E-state index is 10.1. The van der Waals surface area contributed by atoms with Crippen LogP contribution in [0.1, 0.15) is 24.2 Å². The van der Waals surface area contributed by atoms with Gasteiger partial charge in [0.05, 0.1) is 6.10 Å². The largest absolute Gasteiger partial charge is 0.397 e. The summed E-state index contributed by atoms with van der Waals surface area (Å²) in [5.74, 6) is 0. The fourth-order valence-electron chi connectivity index (χ4n) is 1.65. The summed E-state index contributed by atoms with van der Waals surface area (Å²) in [6.07, 6.45) is 0.0483. The molecule has 0 aliphatic rings. The molecule has 0 heterocycles. The lowest BCUT2D eigenvalue weighted by Gasteiger charge is -2.11. The van der Waals surface area contributed by atoms with Gasteiger partial charge in [-0.1, -0.05) is 47.5 Å². The molecule has 2 rings (SSSR count). The van der Waals surface area contributed by atoms with Crippen molar-refractivity contribution in [1.29, 1.82) is 0 Å². The van der Waals surface area contributed by atoms with Gasteiger partial charge in [0.1, 0.15) is 0 Å². The molecule has 1 atom stereocenters. The highest BCUT2D eigenvalue weighted by Crippen LogP contribution is 2.21. The minimum absolute atomic E-state index is 0.250. The van der Waals surface area contributed by atoms with Crippen LogP contribution in [0.5, 0.6) is 0 Å². The molecular weight excluding hydrogens is 295 g/mol. The summed E-state index contributed by atoms with van der Waals surface area (Å²) in [6.45, 7) is 1.93. The molecule has 0 bridgehead atoms. The van der Waals surface area contributed by atoms with Crippen LogP contribution >= 0.6 is 23.2 Å². The molecule has 108 valence electrons. The van der Waals surface area contributed by atoms with Crippen molar-refractivity contribution >= 4 is 23.2 Å². The Balaban J connectivity index is 0.000000612. The predicted molar refractivity (Wildman–Crippen MR) is 84.3 cm³/mol. The zero-order valence-electron chi connectivity index (χ0n) is 11.3. The Bertz CT molecular complexity index is 495. The molecular formula is C16H18Cl2O2. The number of aliphatic hydroxyl groups is 2. The van der Waals surface area contributed by atoms with Crippen molar-refractivity contribution in [3.8, 4) is 0 Å². The summed E-state index contributed by atoms with van der Waals surface area (Å²) < 4.78 is 0. The second kappa shape index (κ2) is 8.98. The van der Waals surface area contributed by atoms with Crippen LogP contribution < -0.4 is 0 Å². The van der Waals surface area contributed by atoms with Crippen LogP contribution in [-0.2, 0) is 6.42 Å². The second-order valence-corrected chi connectivity index (χ2v) is 5.09. The Morgan fingerprint density at radius 2 is 1.30 bits per heavy atom. The highest BCUT2D eigenvalue weighted by Gasteiger charge is 2.08. The Morgan fingerprint density at radius 1 is 0.900 bits per heavy atom. The Hall–Kier alpha value is -1.06. The standard InChI is InChI=1S/C14H12Cl2O.C2H6O/c15-12-5-1-10(2-6-12)9-14(17)11-3-7-13(16)8-4-11;1-2-3/h1-8,14,17H,9H2;3H,2H2,1H3. The summed E-state index contributed by atoms with van der Waals surface area (Å²) in [6, 6.07) is 14.7. The Kier molecular flexibility index (Phi) is 7.63. The molecule has 0 saturated heterocycles. The first kappa shape index (κ1) is 17.0. The van der Waals surface area contributed by atoms with Gasteiger partial charge < -0.3 is 10.2 Å². The molecule has 0 spiro atoms. The fraction of sp³-hybridized carbons (Fsp3) is 0.250. The van der Waals surface area contributed by atoms with E-state index >= 15 is 0 Å². The lowest BCUT2D eigenvalue weighted by Crippen LogP contribution is -2.01. The first-order chi connectivity index (χ1) is 9.56. The molecule has 0 radical (unpaired) electrons. The molecule has 0 aliphatic heterocycles. The van der Waals surface area contributed by atoms with Gasteiger partial charge in [-0.25, -0.2) is 0 Å². The van der Waals surface area contributed by atoms with Crippen LogP contribution in [0.25, 0.3) is 0 Å². The zero-order chi connectivity index (χ0) is 15.0. The van der Waals surface area contributed by atoms with E-state index in [1.54, 1.807) is 19.1 Å². The summed E-state index contributed by atoms with van der Waals surface area (Å²) in [4.78, 5) is 0. The van der Waals surface area contributed by atoms with Crippen molar-refractivity contribution in [2.45, 2.75) is 19.4 Å². The van der Waals surface area contributed by atoms with Crippen LogP contribution in [0.15, 0.2) is 48.5 Å². The van der Waals surface area contributed by atoms with Crippen molar-refractivity contribution in [2.24, 2.45) is 0 Å². The van der Waals surface area contributed by atoms with Gasteiger partial charge in [0, 0.05) is 23.1 Å². The van der Waals surface area contributed by atoms with Gasteiger partial charge >= 0.3 is 0 Å². The average molecular weight is 313 g/mol. The number of benzene rings is 2.